The molecule has 0 saturated carbocycles. The normalized spacial score (nSPS) is 31.9. The maximum atomic E-state index is 5.40. The highest BCUT2D eigenvalue weighted by Crippen LogP contribution is 2.28. The van der Waals surface area contributed by atoms with Crippen LogP contribution in [-0.2, 0) is 4.74 Å². The molecule has 1 aliphatic rings. The van der Waals surface area contributed by atoms with Crippen molar-refractivity contribution < 1.29 is 4.74 Å². The van der Waals surface area contributed by atoms with Crippen LogP contribution >= 0.6 is 0 Å². The smallest absolute Gasteiger partial charge is 0.0639 e. The molecule has 1 fully saturated rings. The second-order valence-corrected chi connectivity index (χ2v) is 3.14. The highest BCUT2D eigenvalue weighted by Gasteiger charge is 2.30. The van der Waals surface area contributed by atoms with E-state index in [1.165, 1.54) is 0 Å². The summed E-state index contributed by atoms with van der Waals surface area (Å²) in [7, 11) is 0. The molecule has 1 aliphatic heterocycles. The van der Waals surface area contributed by atoms with E-state index in [4.69, 9.17) is 11.2 Å². The third-order valence-corrected chi connectivity index (χ3v) is 1.65. The highest BCUT2D eigenvalue weighted by molar-refractivity contribution is 4.99. The van der Waals surface area contributed by atoms with Crippen molar-refractivity contribution in [2.75, 3.05) is 6.61 Å². The van der Waals surface area contributed by atoms with Crippen molar-refractivity contribution >= 4 is 0 Å². The lowest BCUT2D eigenvalue weighted by molar-refractivity contribution is 0.0358. The standard InChI is InChI=1S/C8H12O/c1-4-7-5-8(2,3)9-6-7/h1,7H,5-6H2,2-3H3/t7-/m1/s1. The van der Waals surface area contributed by atoms with E-state index in [9.17, 15) is 0 Å². The van der Waals surface area contributed by atoms with Crippen LogP contribution in [0.25, 0.3) is 0 Å². The summed E-state index contributed by atoms with van der Waals surface area (Å²) in [5.41, 5.74) is 0.0248. The predicted octanol–water partition coefficient (Wildman–Crippen LogP) is 1.43. The lowest BCUT2D eigenvalue weighted by Crippen LogP contribution is -2.16. The average molecular weight is 124 g/mol. The van der Waals surface area contributed by atoms with Gasteiger partial charge in [0.15, 0.2) is 0 Å². The molecular weight excluding hydrogens is 112 g/mol. The van der Waals surface area contributed by atoms with Crippen LogP contribution in [0.15, 0.2) is 0 Å². The van der Waals surface area contributed by atoms with E-state index in [1.807, 2.05) is 0 Å². The molecule has 1 rings (SSSR count). The first-order valence-electron chi connectivity index (χ1n) is 3.24. The van der Waals surface area contributed by atoms with Gasteiger partial charge >= 0.3 is 0 Å². The number of hydrogen-bond acceptors (Lipinski definition) is 1. The predicted molar refractivity (Wildman–Crippen MR) is 37.0 cm³/mol. The van der Waals surface area contributed by atoms with E-state index >= 15 is 0 Å². The Morgan fingerprint density at radius 2 is 2.33 bits per heavy atom. The minimum Gasteiger partial charge on any atom is -0.374 e. The molecule has 1 nitrogen and oxygen atoms in total. The third-order valence-electron chi connectivity index (χ3n) is 1.65. The van der Waals surface area contributed by atoms with Crippen molar-refractivity contribution in [1.82, 2.24) is 0 Å². The summed E-state index contributed by atoms with van der Waals surface area (Å²) in [6, 6.07) is 0. The van der Waals surface area contributed by atoms with Crippen molar-refractivity contribution in [3.05, 3.63) is 0 Å². The Bertz CT molecular complexity index is 141. The van der Waals surface area contributed by atoms with E-state index in [0.717, 1.165) is 13.0 Å². The van der Waals surface area contributed by atoms with Crippen LogP contribution < -0.4 is 0 Å². The molecule has 0 aromatic heterocycles. The Morgan fingerprint density at radius 3 is 2.56 bits per heavy atom. The van der Waals surface area contributed by atoms with Crippen LogP contribution in [0.2, 0.25) is 0 Å². The number of rotatable bonds is 0. The first kappa shape index (κ1) is 6.64. The van der Waals surface area contributed by atoms with Gasteiger partial charge in [-0.15, -0.1) is 12.3 Å². The van der Waals surface area contributed by atoms with Gasteiger partial charge in [0.2, 0.25) is 0 Å². The zero-order valence-corrected chi connectivity index (χ0v) is 5.98. The zero-order chi connectivity index (χ0) is 6.91. The number of hydrogen-bond donors (Lipinski definition) is 0. The summed E-state index contributed by atoms with van der Waals surface area (Å²) in [6.07, 6.45) is 6.23. The molecular formula is C8H12O. The molecule has 9 heavy (non-hydrogen) atoms. The SMILES string of the molecule is C#C[C@H]1COC(C)(C)C1. The molecule has 50 valence electrons. The number of ether oxygens (including phenoxy) is 1. The highest BCUT2D eigenvalue weighted by atomic mass is 16.5. The molecule has 0 radical (unpaired) electrons. The second kappa shape index (κ2) is 2.04. The van der Waals surface area contributed by atoms with Gasteiger partial charge in [0, 0.05) is 5.92 Å². The van der Waals surface area contributed by atoms with E-state index < -0.39 is 0 Å². The summed E-state index contributed by atoms with van der Waals surface area (Å²) in [5.74, 6) is 3.04. The van der Waals surface area contributed by atoms with Gasteiger partial charge in [0.25, 0.3) is 0 Å². The van der Waals surface area contributed by atoms with E-state index in [0.29, 0.717) is 5.92 Å². The third kappa shape index (κ3) is 1.46. The van der Waals surface area contributed by atoms with Gasteiger partial charge in [-0.25, -0.2) is 0 Å². The Labute approximate surface area is 56.4 Å². The van der Waals surface area contributed by atoms with Gasteiger partial charge in [-0.1, -0.05) is 0 Å². The summed E-state index contributed by atoms with van der Waals surface area (Å²) in [5, 5.41) is 0. The summed E-state index contributed by atoms with van der Waals surface area (Å²) < 4.78 is 5.40. The van der Waals surface area contributed by atoms with E-state index in [-0.39, 0.29) is 5.60 Å². The van der Waals surface area contributed by atoms with Crippen molar-refractivity contribution in [2.45, 2.75) is 25.9 Å². The fourth-order valence-corrected chi connectivity index (χ4v) is 1.14. The van der Waals surface area contributed by atoms with Gasteiger partial charge in [0.1, 0.15) is 0 Å². The summed E-state index contributed by atoms with van der Waals surface area (Å²) in [6.45, 7) is 4.89. The molecule has 1 heteroatoms. The maximum absolute atomic E-state index is 5.40. The Morgan fingerprint density at radius 1 is 1.67 bits per heavy atom. The molecule has 0 N–H and O–H groups in total. The van der Waals surface area contributed by atoms with Crippen molar-refractivity contribution in [3.8, 4) is 12.3 Å². The Hall–Kier alpha value is -0.480. The fraction of sp³-hybridized carbons (Fsp3) is 0.750. The quantitative estimate of drug-likeness (QED) is 0.444. The van der Waals surface area contributed by atoms with Crippen LogP contribution in [0.3, 0.4) is 0 Å². The van der Waals surface area contributed by atoms with Gasteiger partial charge < -0.3 is 4.74 Å². The summed E-state index contributed by atoms with van der Waals surface area (Å²) in [4.78, 5) is 0. The molecule has 1 heterocycles. The van der Waals surface area contributed by atoms with Gasteiger partial charge in [-0.2, -0.15) is 0 Å². The number of terminal acetylenes is 1. The maximum Gasteiger partial charge on any atom is 0.0639 e. The minimum absolute atomic E-state index is 0.0248. The molecule has 0 bridgehead atoms. The first-order chi connectivity index (χ1) is 4.14. The van der Waals surface area contributed by atoms with Crippen LogP contribution in [-0.4, -0.2) is 12.2 Å². The van der Waals surface area contributed by atoms with Crippen LogP contribution in [0.4, 0.5) is 0 Å². The van der Waals surface area contributed by atoms with Gasteiger partial charge in [0.05, 0.1) is 12.2 Å². The molecule has 0 spiro atoms. The minimum atomic E-state index is 0.0248. The molecule has 0 unspecified atom stereocenters. The van der Waals surface area contributed by atoms with Crippen LogP contribution in [0.1, 0.15) is 20.3 Å². The van der Waals surface area contributed by atoms with E-state index in [2.05, 4.69) is 19.8 Å². The van der Waals surface area contributed by atoms with Crippen LogP contribution in [0, 0.1) is 18.3 Å². The Balaban J connectivity index is 2.50. The molecule has 0 amide bonds. The molecule has 0 aromatic rings. The lowest BCUT2D eigenvalue weighted by atomic mass is 9.99. The molecule has 1 saturated heterocycles. The van der Waals surface area contributed by atoms with Crippen molar-refractivity contribution in [2.24, 2.45) is 5.92 Å². The monoisotopic (exact) mass is 124 g/mol. The second-order valence-electron chi connectivity index (χ2n) is 3.14. The first-order valence-corrected chi connectivity index (χ1v) is 3.24. The van der Waals surface area contributed by atoms with Crippen molar-refractivity contribution in [3.63, 3.8) is 0 Å². The van der Waals surface area contributed by atoms with Gasteiger partial charge in [-0.05, 0) is 20.3 Å². The van der Waals surface area contributed by atoms with Gasteiger partial charge in [-0.3, -0.25) is 0 Å². The zero-order valence-electron chi connectivity index (χ0n) is 5.98. The summed E-state index contributed by atoms with van der Waals surface area (Å²) >= 11 is 0. The lowest BCUT2D eigenvalue weighted by Gasteiger charge is -2.14. The Kier molecular flexibility index (Phi) is 1.50. The van der Waals surface area contributed by atoms with Crippen molar-refractivity contribution in [1.29, 1.82) is 0 Å². The average Bonchev–Trinajstić information content (AvgIpc) is 2.10. The fourth-order valence-electron chi connectivity index (χ4n) is 1.14. The van der Waals surface area contributed by atoms with E-state index in [1.54, 1.807) is 0 Å². The van der Waals surface area contributed by atoms with Crippen LogP contribution in [0.5, 0.6) is 0 Å². The largest absolute Gasteiger partial charge is 0.374 e. The molecule has 1 atom stereocenters. The molecule has 0 aromatic carbocycles. The topological polar surface area (TPSA) is 9.23 Å². The molecule has 0 aliphatic carbocycles.